The summed E-state index contributed by atoms with van der Waals surface area (Å²) < 4.78 is 139. The molecule has 2 amide bonds. The molecule has 232 valence electrons. The first-order chi connectivity index (χ1) is 19.8. The summed E-state index contributed by atoms with van der Waals surface area (Å²) in [6.45, 7) is -0.424. The van der Waals surface area contributed by atoms with Gasteiger partial charge in [0.1, 0.15) is 18.0 Å². The monoisotopic (exact) mass is 616 g/mol. The standard InChI is InChI=1S/C26H25F9N2O5/c1-3-10-17(27)11(19(29)22(32)18(10)28)4-6-15(38)36-8-13-14(42-26(40-2)41-13)9-37-16(39)7-5-12-20(30)23(33)25(35)24(34)21(12)31/h13-14,26H,3-9H2,1-2H3,(H,36,38)(H,37,39). The van der Waals surface area contributed by atoms with Gasteiger partial charge in [-0.1, -0.05) is 6.92 Å². The molecule has 1 aliphatic heterocycles. The minimum Gasteiger partial charge on any atom is -0.353 e. The van der Waals surface area contributed by atoms with Crippen molar-refractivity contribution in [2.24, 2.45) is 0 Å². The van der Waals surface area contributed by atoms with Gasteiger partial charge in [0.2, 0.25) is 17.6 Å². The van der Waals surface area contributed by atoms with Crippen LogP contribution in [0, 0.1) is 52.4 Å². The Labute approximate surface area is 233 Å². The number of halogens is 9. The molecule has 1 heterocycles. The van der Waals surface area contributed by atoms with Crippen molar-refractivity contribution in [1.82, 2.24) is 10.6 Å². The van der Waals surface area contributed by atoms with Gasteiger partial charge in [-0.25, -0.2) is 39.5 Å². The van der Waals surface area contributed by atoms with Crippen LogP contribution in [0.4, 0.5) is 39.5 Å². The minimum absolute atomic E-state index is 0.247. The number of ether oxygens (including phenoxy) is 3. The Bertz CT molecular complexity index is 1320. The zero-order valence-electron chi connectivity index (χ0n) is 22.1. The van der Waals surface area contributed by atoms with E-state index in [2.05, 4.69) is 10.6 Å². The normalized spacial score (nSPS) is 18.4. The van der Waals surface area contributed by atoms with Crippen LogP contribution in [-0.2, 0) is 43.1 Å². The Morgan fingerprint density at radius 3 is 1.38 bits per heavy atom. The summed E-state index contributed by atoms with van der Waals surface area (Å²) in [5.74, 6) is -18.8. The van der Waals surface area contributed by atoms with E-state index in [1.165, 1.54) is 14.0 Å². The summed E-state index contributed by atoms with van der Waals surface area (Å²) >= 11 is 0. The predicted octanol–water partition coefficient (Wildman–Crippen LogP) is 4.01. The van der Waals surface area contributed by atoms with Crippen molar-refractivity contribution in [3.63, 3.8) is 0 Å². The number of nitrogens with one attached hydrogen (secondary N) is 2. The maximum Gasteiger partial charge on any atom is 0.272 e. The van der Waals surface area contributed by atoms with E-state index in [-0.39, 0.29) is 19.5 Å². The van der Waals surface area contributed by atoms with Crippen LogP contribution in [-0.4, -0.2) is 50.7 Å². The fraction of sp³-hybridized carbons (Fsp3) is 0.462. The van der Waals surface area contributed by atoms with E-state index in [4.69, 9.17) is 14.2 Å². The molecule has 2 aromatic carbocycles. The van der Waals surface area contributed by atoms with Gasteiger partial charge in [0.25, 0.3) is 6.48 Å². The van der Waals surface area contributed by atoms with Gasteiger partial charge in [0, 0.05) is 49.7 Å². The lowest BCUT2D eigenvalue weighted by molar-refractivity contribution is -0.227. The number of benzene rings is 2. The maximum absolute atomic E-state index is 14.4. The smallest absolute Gasteiger partial charge is 0.272 e. The summed E-state index contributed by atoms with van der Waals surface area (Å²) in [4.78, 5) is 24.5. The van der Waals surface area contributed by atoms with Crippen LogP contribution in [0.2, 0.25) is 0 Å². The molecule has 0 saturated carbocycles. The van der Waals surface area contributed by atoms with Crippen molar-refractivity contribution in [2.75, 3.05) is 20.2 Å². The van der Waals surface area contributed by atoms with Gasteiger partial charge in [0.05, 0.1) is 0 Å². The van der Waals surface area contributed by atoms with Crippen molar-refractivity contribution in [3.8, 4) is 0 Å². The number of rotatable bonds is 12. The Morgan fingerprint density at radius 2 is 0.976 bits per heavy atom. The molecular weight excluding hydrogens is 591 g/mol. The zero-order valence-corrected chi connectivity index (χ0v) is 22.1. The zero-order chi connectivity index (χ0) is 31.3. The lowest BCUT2D eigenvalue weighted by atomic mass is 10.0. The number of hydrogen-bond acceptors (Lipinski definition) is 5. The molecule has 42 heavy (non-hydrogen) atoms. The second-order valence-electron chi connectivity index (χ2n) is 9.10. The highest BCUT2D eigenvalue weighted by Crippen LogP contribution is 2.26. The molecule has 3 atom stereocenters. The van der Waals surface area contributed by atoms with Crippen molar-refractivity contribution in [3.05, 3.63) is 69.0 Å². The SMILES string of the molecule is CCc1c(F)c(F)c(F)c(CCC(=O)NCC2OC(OC)OC2CNC(=O)CCc2c(F)c(F)c(F)c(F)c2F)c1F. The number of hydrogen-bond donors (Lipinski definition) is 2. The topological polar surface area (TPSA) is 85.9 Å². The molecule has 1 aliphatic rings. The third-order valence-corrected chi connectivity index (χ3v) is 6.48. The summed E-state index contributed by atoms with van der Waals surface area (Å²) in [6.07, 6.45) is -4.71. The fourth-order valence-corrected chi connectivity index (χ4v) is 4.18. The molecule has 2 N–H and O–H groups in total. The first-order valence-electron chi connectivity index (χ1n) is 12.5. The van der Waals surface area contributed by atoms with E-state index >= 15 is 0 Å². The maximum atomic E-state index is 14.4. The average molecular weight is 616 g/mol. The molecule has 0 radical (unpaired) electrons. The van der Waals surface area contributed by atoms with Crippen molar-refractivity contribution < 1.29 is 63.3 Å². The lowest BCUT2D eigenvalue weighted by Gasteiger charge is -2.18. The molecular formula is C26H25F9N2O5. The number of carbonyl (C=O) groups is 2. The quantitative estimate of drug-likeness (QED) is 0.214. The van der Waals surface area contributed by atoms with E-state index in [0.29, 0.717) is 0 Å². The Balaban J connectivity index is 1.54. The minimum atomic E-state index is -2.32. The second-order valence-corrected chi connectivity index (χ2v) is 9.10. The van der Waals surface area contributed by atoms with Crippen LogP contribution in [0.1, 0.15) is 36.5 Å². The molecule has 7 nitrogen and oxygen atoms in total. The number of methoxy groups -OCH3 is 1. The van der Waals surface area contributed by atoms with Gasteiger partial charge < -0.3 is 24.8 Å². The van der Waals surface area contributed by atoms with Gasteiger partial charge >= 0.3 is 0 Å². The summed E-state index contributed by atoms with van der Waals surface area (Å²) in [6, 6.07) is 0. The van der Waals surface area contributed by atoms with Gasteiger partial charge in [-0.15, -0.1) is 0 Å². The van der Waals surface area contributed by atoms with Crippen molar-refractivity contribution >= 4 is 11.8 Å². The summed E-state index contributed by atoms with van der Waals surface area (Å²) in [7, 11) is 1.22. The molecule has 1 saturated heterocycles. The van der Waals surface area contributed by atoms with Crippen LogP contribution in [0.5, 0.6) is 0 Å². The van der Waals surface area contributed by atoms with Gasteiger partial charge in [-0.3, -0.25) is 9.59 Å². The Kier molecular flexibility index (Phi) is 11.2. The van der Waals surface area contributed by atoms with Gasteiger partial charge in [0.15, 0.2) is 40.7 Å². The molecule has 1 fully saturated rings. The van der Waals surface area contributed by atoms with E-state index in [1.807, 2.05) is 0 Å². The largest absolute Gasteiger partial charge is 0.353 e. The first-order valence-corrected chi connectivity index (χ1v) is 12.5. The van der Waals surface area contributed by atoms with Crippen molar-refractivity contribution in [1.29, 1.82) is 0 Å². The molecule has 2 aromatic rings. The van der Waals surface area contributed by atoms with Crippen LogP contribution >= 0.6 is 0 Å². The highest BCUT2D eigenvalue weighted by atomic mass is 19.2. The van der Waals surface area contributed by atoms with Crippen LogP contribution in [0.15, 0.2) is 0 Å². The average Bonchev–Trinajstić information content (AvgIpc) is 3.38. The predicted molar refractivity (Wildman–Crippen MR) is 125 cm³/mol. The number of carbonyl (C=O) groups excluding carboxylic acids is 2. The summed E-state index contributed by atoms with van der Waals surface area (Å²) in [5.41, 5.74) is -2.59. The highest BCUT2D eigenvalue weighted by molar-refractivity contribution is 5.76. The molecule has 3 unspecified atom stereocenters. The molecule has 0 aliphatic carbocycles. The molecule has 0 aromatic heterocycles. The first kappa shape index (κ1) is 33.1. The van der Waals surface area contributed by atoms with Crippen LogP contribution in [0.3, 0.4) is 0 Å². The van der Waals surface area contributed by atoms with E-state index in [0.717, 1.165) is 0 Å². The second kappa shape index (κ2) is 14.2. The molecule has 0 bridgehead atoms. The highest BCUT2D eigenvalue weighted by Gasteiger charge is 2.37. The third-order valence-electron chi connectivity index (χ3n) is 6.48. The summed E-state index contributed by atoms with van der Waals surface area (Å²) in [5, 5.41) is 4.76. The van der Waals surface area contributed by atoms with Crippen molar-refractivity contribution in [2.45, 2.75) is 57.7 Å². The van der Waals surface area contributed by atoms with E-state index < -0.39 is 125 Å². The Morgan fingerprint density at radius 1 is 0.619 bits per heavy atom. The molecule has 3 rings (SSSR count). The van der Waals surface area contributed by atoms with E-state index in [1.54, 1.807) is 0 Å². The van der Waals surface area contributed by atoms with Gasteiger partial charge in [-0.2, -0.15) is 0 Å². The third kappa shape index (κ3) is 7.15. The molecule has 16 heteroatoms. The fourth-order valence-electron chi connectivity index (χ4n) is 4.18. The van der Waals surface area contributed by atoms with E-state index in [9.17, 15) is 49.1 Å². The van der Waals surface area contributed by atoms with Gasteiger partial charge in [-0.05, 0) is 19.3 Å². The number of amides is 2. The molecule has 0 spiro atoms. The van der Waals surface area contributed by atoms with Crippen LogP contribution < -0.4 is 10.6 Å². The lowest BCUT2D eigenvalue weighted by Crippen LogP contribution is -2.43. The van der Waals surface area contributed by atoms with Crippen LogP contribution in [0.25, 0.3) is 0 Å². The Hall–Kier alpha value is -3.37.